The van der Waals surface area contributed by atoms with Gasteiger partial charge in [0.1, 0.15) is 12.2 Å². The zero-order valence-corrected chi connectivity index (χ0v) is 16.2. The fourth-order valence-corrected chi connectivity index (χ4v) is 3.64. The zero-order valence-electron chi connectivity index (χ0n) is 16.2. The first-order chi connectivity index (χ1) is 13.3. The molecule has 2 amide bonds. The van der Waals surface area contributed by atoms with Crippen LogP contribution in [0, 0.1) is 11.3 Å². The van der Waals surface area contributed by atoms with Gasteiger partial charge in [0, 0.05) is 42.7 Å². The number of hydrogen-bond donors (Lipinski definition) is 2. The lowest BCUT2D eigenvalue weighted by Gasteiger charge is -2.27. The fourth-order valence-electron chi connectivity index (χ4n) is 3.64. The second kappa shape index (κ2) is 8.23. The molecular formula is C20H26FN5O2. The molecular weight excluding hydrogens is 361 g/mol. The van der Waals surface area contributed by atoms with E-state index in [0.29, 0.717) is 5.92 Å². The summed E-state index contributed by atoms with van der Waals surface area (Å²) >= 11 is 0. The van der Waals surface area contributed by atoms with Crippen LogP contribution < -0.4 is 10.6 Å². The summed E-state index contributed by atoms with van der Waals surface area (Å²) in [7, 11) is 0. The lowest BCUT2D eigenvalue weighted by molar-refractivity contribution is -0.131. The second-order valence-corrected chi connectivity index (χ2v) is 8.24. The third kappa shape index (κ3) is 5.04. The summed E-state index contributed by atoms with van der Waals surface area (Å²) in [6.45, 7) is 3.61. The van der Waals surface area contributed by atoms with Gasteiger partial charge in [0.25, 0.3) is 0 Å². The number of halogens is 1. The molecule has 4 atom stereocenters. The minimum Gasteiger partial charge on any atom is -0.353 e. The van der Waals surface area contributed by atoms with Crippen molar-refractivity contribution in [2.24, 2.45) is 0 Å². The lowest BCUT2D eigenvalue weighted by Crippen LogP contribution is -2.49. The van der Waals surface area contributed by atoms with Gasteiger partial charge in [-0.1, -0.05) is 6.07 Å². The third-order valence-corrected chi connectivity index (χ3v) is 5.29. The van der Waals surface area contributed by atoms with Gasteiger partial charge in [-0.3, -0.25) is 14.6 Å². The monoisotopic (exact) mass is 387 g/mol. The average Bonchev–Trinajstić information content (AvgIpc) is 3.30. The molecule has 1 aromatic heterocycles. The summed E-state index contributed by atoms with van der Waals surface area (Å²) in [4.78, 5) is 30.1. The number of nitrogens with zero attached hydrogens (tertiary/aromatic N) is 3. The molecule has 28 heavy (non-hydrogen) atoms. The molecule has 2 N–H and O–H groups in total. The molecule has 0 radical (unpaired) electrons. The van der Waals surface area contributed by atoms with Crippen LogP contribution in [0.4, 0.5) is 4.39 Å². The van der Waals surface area contributed by atoms with Crippen LogP contribution in [-0.4, -0.2) is 58.6 Å². The van der Waals surface area contributed by atoms with Crippen LogP contribution in [0.5, 0.6) is 0 Å². The third-order valence-electron chi connectivity index (χ3n) is 5.29. The Morgan fingerprint density at radius 1 is 1.43 bits per heavy atom. The van der Waals surface area contributed by atoms with Crippen molar-refractivity contribution in [2.75, 3.05) is 13.1 Å². The predicted octanol–water partition coefficient (Wildman–Crippen LogP) is 1.27. The largest absolute Gasteiger partial charge is 0.353 e. The zero-order chi connectivity index (χ0) is 20.3. The number of nitriles is 1. The predicted molar refractivity (Wildman–Crippen MR) is 101 cm³/mol. The first-order valence-corrected chi connectivity index (χ1v) is 9.56. The maximum absolute atomic E-state index is 13.5. The lowest BCUT2D eigenvalue weighted by atomic mass is 10.00. The number of pyridine rings is 1. The molecule has 2 aliphatic rings. The van der Waals surface area contributed by atoms with Crippen molar-refractivity contribution in [3.05, 3.63) is 30.1 Å². The molecule has 1 saturated carbocycles. The van der Waals surface area contributed by atoms with Gasteiger partial charge < -0.3 is 15.5 Å². The molecule has 1 aliphatic carbocycles. The van der Waals surface area contributed by atoms with Crippen molar-refractivity contribution in [1.29, 1.82) is 5.26 Å². The molecule has 3 rings (SSSR count). The van der Waals surface area contributed by atoms with Gasteiger partial charge in [-0.2, -0.15) is 5.26 Å². The quantitative estimate of drug-likeness (QED) is 0.734. The van der Waals surface area contributed by atoms with E-state index >= 15 is 0 Å². The number of carbonyl (C=O) groups is 2. The van der Waals surface area contributed by atoms with Gasteiger partial charge in [0.2, 0.25) is 11.8 Å². The van der Waals surface area contributed by atoms with Crippen LogP contribution >= 0.6 is 0 Å². The van der Waals surface area contributed by atoms with E-state index in [-0.39, 0.29) is 43.8 Å². The number of amides is 2. The minimum atomic E-state index is -1.15. The molecule has 8 heteroatoms. The number of rotatable bonds is 7. The van der Waals surface area contributed by atoms with Crippen molar-refractivity contribution in [2.45, 2.75) is 62.8 Å². The smallest absolute Gasteiger partial charge is 0.237 e. The second-order valence-electron chi connectivity index (χ2n) is 8.24. The van der Waals surface area contributed by atoms with Crippen molar-refractivity contribution in [1.82, 2.24) is 20.5 Å². The Kier molecular flexibility index (Phi) is 5.94. The van der Waals surface area contributed by atoms with Gasteiger partial charge in [0.15, 0.2) is 0 Å². The summed E-state index contributed by atoms with van der Waals surface area (Å²) in [5, 5.41) is 15.2. The molecule has 7 nitrogen and oxygen atoms in total. The van der Waals surface area contributed by atoms with Crippen molar-refractivity contribution in [3.8, 4) is 6.07 Å². The number of nitrogens with one attached hydrogen (secondary N) is 2. The highest BCUT2D eigenvalue weighted by Gasteiger charge is 2.40. The van der Waals surface area contributed by atoms with Crippen LogP contribution in [0.1, 0.15) is 44.6 Å². The summed E-state index contributed by atoms with van der Waals surface area (Å²) in [6.07, 6.45) is 3.57. The molecule has 0 unspecified atom stereocenters. The van der Waals surface area contributed by atoms with Crippen LogP contribution in [0.2, 0.25) is 0 Å². The minimum absolute atomic E-state index is 0.0348. The van der Waals surface area contributed by atoms with Crippen molar-refractivity contribution >= 4 is 11.8 Å². The van der Waals surface area contributed by atoms with Crippen LogP contribution in [0.25, 0.3) is 0 Å². The Bertz CT molecular complexity index is 764. The Morgan fingerprint density at radius 2 is 2.21 bits per heavy atom. The Labute approximate surface area is 164 Å². The summed E-state index contributed by atoms with van der Waals surface area (Å²) in [5.41, 5.74) is 0.523. The maximum atomic E-state index is 13.5. The van der Waals surface area contributed by atoms with Gasteiger partial charge >= 0.3 is 0 Å². The molecule has 1 saturated heterocycles. The summed E-state index contributed by atoms with van der Waals surface area (Å²) in [5.74, 6) is -0.0951. The highest BCUT2D eigenvalue weighted by molar-refractivity contribution is 5.80. The normalized spacial score (nSPS) is 26.6. The number of aromatic nitrogens is 1. The first kappa shape index (κ1) is 20.2. The Balaban J connectivity index is 1.43. The molecule has 2 heterocycles. The molecule has 0 aromatic carbocycles. The highest BCUT2D eigenvalue weighted by Crippen LogP contribution is 2.40. The molecule has 1 aliphatic heterocycles. The SMILES string of the molecule is CC(C)(CC(=O)N[C@H]1C[C@@H]1c1cccnc1)NCC(=O)N1C[C@@H](F)C[C@H]1C#N. The molecule has 1 aromatic rings. The molecule has 150 valence electrons. The topological polar surface area (TPSA) is 98.1 Å². The Hall–Kier alpha value is -2.53. The van der Waals surface area contributed by atoms with E-state index in [1.807, 2.05) is 38.2 Å². The molecule has 0 spiro atoms. The van der Waals surface area contributed by atoms with E-state index < -0.39 is 17.8 Å². The van der Waals surface area contributed by atoms with Crippen molar-refractivity contribution in [3.63, 3.8) is 0 Å². The van der Waals surface area contributed by atoms with E-state index in [4.69, 9.17) is 5.26 Å². The number of likely N-dealkylation sites (tertiary alicyclic amines) is 1. The average molecular weight is 387 g/mol. The summed E-state index contributed by atoms with van der Waals surface area (Å²) < 4.78 is 13.5. The number of hydrogen-bond acceptors (Lipinski definition) is 5. The number of alkyl halides is 1. The van der Waals surface area contributed by atoms with E-state index in [1.165, 1.54) is 4.90 Å². The van der Waals surface area contributed by atoms with E-state index in [2.05, 4.69) is 15.6 Å². The standard InChI is InChI=1S/C20H26FN5O2/c1-20(2,24-11-19(28)26-12-14(21)6-15(26)9-22)8-18(27)25-17-7-16(17)13-4-3-5-23-10-13/h3-5,10,14-17,24H,6-8,11-12H2,1-2H3,(H,25,27)/t14-,15-,16+,17-/m0/s1. The van der Waals surface area contributed by atoms with Gasteiger partial charge in [-0.05, 0) is 31.9 Å². The molecule has 0 bridgehead atoms. The maximum Gasteiger partial charge on any atom is 0.237 e. The van der Waals surface area contributed by atoms with Crippen LogP contribution in [0.15, 0.2) is 24.5 Å². The Morgan fingerprint density at radius 3 is 2.89 bits per heavy atom. The van der Waals surface area contributed by atoms with E-state index in [1.54, 1.807) is 6.20 Å². The van der Waals surface area contributed by atoms with E-state index in [9.17, 15) is 14.0 Å². The number of carbonyl (C=O) groups excluding carboxylic acids is 2. The molecule has 2 fully saturated rings. The van der Waals surface area contributed by atoms with Gasteiger partial charge in [0.05, 0.1) is 19.2 Å². The highest BCUT2D eigenvalue weighted by atomic mass is 19.1. The van der Waals surface area contributed by atoms with Crippen LogP contribution in [-0.2, 0) is 9.59 Å². The van der Waals surface area contributed by atoms with Crippen molar-refractivity contribution < 1.29 is 14.0 Å². The fraction of sp³-hybridized carbons (Fsp3) is 0.600. The van der Waals surface area contributed by atoms with Gasteiger partial charge in [-0.25, -0.2) is 4.39 Å². The summed E-state index contributed by atoms with van der Waals surface area (Å²) in [6, 6.07) is 5.28. The first-order valence-electron chi connectivity index (χ1n) is 9.56. The van der Waals surface area contributed by atoms with Crippen LogP contribution in [0.3, 0.4) is 0 Å². The van der Waals surface area contributed by atoms with Gasteiger partial charge in [-0.15, -0.1) is 0 Å². The van der Waals surface area contributed by atoms with E-state index in [0.717, 1.165) is 12.0 Å².